The minimum absolute atomic E-state index is 0.177. The number of aryl methyl sites for hydroxylation is 2. The highest BCUT2D eigenvalue weighted by Crippen LogP contribution is 2.35. The summed E-state index contributed by atoms with van der Waals surface area (Å²) >= 11 is 3.61. The number of ether oxygens (including phenoxy) is 3. The summed E-state index contributed by atoms with van der Waals surface area (Å²) in [6, 6.07) is 22.2. The Kier molecular flexibility index (Phi) is 10.4. The van der Waals surface area contributed by atoms with E-state index in [4.69, 9.17) is 19.2 Å². The number of benzene rings is 4. The maximum absolute atomic E-state index is 13.9. The molecule has 1 aromatic heterocycles. The Hall–Kier alpha value is -4.96. The molecule has 10 heteroatoms. The van der Waals surface area contributed by atoms with Crippen LogP contribution in [0.15, 0.2) is 87.2 Å². The number of rotatable bonds is 11. The maximum atomic E-state index is 13.9. The van der Waals surface area contributed by atoms with E-state index in [1.807, 2.05) is 69.3 Å². The highest BCUT2D eigenvalue weighted by molar-refractivity contribution is 9.10. The number of carbonyl (C=O) groups excluding carboxylic acids is 1. The van der Waals surface area contributed by atoms with Crippen LogP contribution in [0.25, 0.3) is 22.3 Å². The number of hydrogen-bond acceptors (Lipinski definition) is 7. The van der Waals surface area contributed by atoms with Crippen molar-refractivity contribution in [3.63, 3.8) is 0 Å². The van der Waals surface area contributed by atoms with Gasteiger partial charge in [-0.2, -0.15) is 9.78 Å². The molecule has 242 valence electrons. The molecule has 0 aliphatic heterocycles. The molecule has 0 radical (unpaired) electrons. The number of aromatic nitrogens is 2. The van der Waals surface area contributed by atoms with Crippen molar-refractivity contribution in [1.29, 1.82) is 0 Å². The van der Waals surface area contributed by atoms with Gasteiger partial charge in [-0.25, -0.2) is 4.98 Å². The van der Waals surface area contributed by atoms with Crippen LogP contribution in [0.2, 0.25) is 0 Å². The molecule has 0 spiro atoms. The Morgan fingerprint density at radius 1 is 0.979 bits per heavy atom. The van der Waals surface area contributed by atoms with E-state index < -0.39 is 0 Å². The Balaban J connectivity index is 1.53. The smallest absolute Gasteiger partial charge is 0.282 e. The fourth-order valence-electron chi connectivity index (χ4n) is 5.17. The molecule has 5 aromatic rings. The molecule has 5 rings (SSSR count). The van der Waals surface area contributed by atoms with Crippen LogP contribution in [0.4, 0.5) is 5.69 Å². The van der Waals surface area contributed by atoms with E-state index >= 15 is 0 Å². The summed E-state index contributed by atoms with van der Waals surface area (Å²) < 4.78 is 19.4. The average molecular weight is 698 g/mol. The summed E-state index contributed by atoms with van der Waals surface area (Å²) in [5, 5.41) is 8.00. The SMILES string of the molecule is CCOc1cc(C=Nn2c(-c3cc(C(C)C)c(OC)cc3C)nc3ccccc3c2=O)c(Br)cc1OCC(=O)Nc1ccccc1C. The monoisotopic (exact) mass is 696 g/mol. The third-order valence-corrected chi connectivity index (χ3v) is 8.33. The fourth-order valence-corrected chi connectivity index (χ4v) is 5.59. The van der Waals surface area contributed by atoms with Gasteiger partial charge in [0.2, 0.25) is 0 Å². The topological polar surface area (TPSA) is 104 Å². The van der Waals surface area contributed by atoms with Gasteiger partial charge in [0.25, 0.3) is 11.5 Å². The second-order valence-corrected chi connectivity index (χ2v) is 12.1. The number of nitrogens with zero attached hydrogens (tertiary/aromatic N) is 3. The molecule has 0 unspecified atom stereocenters. The first kappa shape index (κ1) is 33.4. The van der Waals surface area contributed by atoms with Crippen LogP contribution < -0.4 is 25.1 Å². The van der Waals surface area contributed by atoms with Crippen molar-refractivity contribution in [3.05, 3.63) is 110 Å². The molecule has 1 heterocycles. The van der Waals surface area contributed by atoms with E-state index in [9.17, 15) is 9.59 Å². The number of halogens is 1. The summed E-state index contributed by atoms with van der Waals surface area (Å²) in [4.78, 5) is 31.5. The average Bonchev–Trinajstić information content (AvgIpc) is 3.05. The number of para-hydroxylation sites is 2. The second-order valence-electron chi connectivity index (χ2n) is 11.3. The number of carbonyl (C=O) groups is 1. The molecule has 0 aliphatic rings. The third-order valence-electron chi connectivity index (χ3n) is 7.65. The van der Waals surface area contributed by atoms with Crippen LogP contribution in [0.3, 0.4) is 0 Å². The van der Waals surface area contributed by atoms with Gasteiger partial charge >= 0.3 is 0 Å². The zero-order chi connectivity index (χ0) is 33.7. The number of hydrogen-bond donors (Lipinski definition) is 1. The Labute approximate surface area is 282 Å². The molecule has 1 N–H and O–H groups in total. The molecular formula is C37H37BrN4O5. The first-order valence-corrected chi connectivity index (χ1v) is 16.1. The largest absolute Gasteiger partial charge is 0.496 e. The molecule has 0 bridgehead atoms. The Morgan fingerprint density at radius 2 is 1.70 bits per heavy atom. The van der Waals surface area contributed by atoms with Crippen molar-refractivity contribution in [2.45, 2.75) is 40.5 Å². The zero-order valence-electron chi connectivity index (χ0n) is 27.3. The Bertz CT molecular complexity index is 2040. The summed E-state index contributed by atoms with van der Waals surface area (Å²) in [7, 11) is 1.65. The van der Waals surface area contributed by atoms with Gasteiger partial charge in [0.15, 0.2) is 23.9 Å². The van der Waals surface area contributed by atoms with E-state index in [1.165, 1.54) is 4.68 Å². The molecule has 4 aromatic carbocycles. The van der Waals surface area contributed by atoms with Crippen LogP contribution in [0.5, 0.6) is 17.2 Å². The molecule has 1 amide bonds. The van der Waals surface area contributed by atoms with Crippen LogP contribution in [0.1, 0.15) is 48.9 Å². The molecule has 0 saturated heterocycles. The lowest BCUT2D eigenvalue weighted by Gasteiger charge is -2.17. The lowest BCUT2D eigenvalue weighted by molar-refractivity contribution is -0.118. The van der Waals surface area contributed by atoms with Gasteiger partial charge in [-0.1, -0.05) is 44.2 Å². The summed E-state index contributed by atoms with van der Waals surface area (Å²) in [5.41, 5.74) is 5.25. The molecular weight excluding hydrogens is 660 g/mol. The van der Waals surface area contributed by atoms with Crippen molar-refractivity contribution >= 4 is 44.6 Å². The van der Waals surface area contributed by atoms with Crippen LogP contribution in [-0.2, 0) is 4.79 Å². The zero-order valence-corrected chi connectivity index (χ0v) is 28.8. The normalized spacial score (nSPS) is 11.3. The van der Waals surface area contributed by atoms with Crippen LogP contribution in [-0.4, -0.2) is 42.1 Å². The van der Waals surface area contributed by atoms with Gasteiger partial charge in [-0.05, 0) is 102 Å². The predicted molar refractivity (Wildman–Crippen MR) is 190 cm³/mol. The predicted octanol–water partition coefficient (Wildman–Crippen LogP) is 7.87. The minimum atomic E-state index is -0.302. The maximum Gasteiger partial charge on any atom is 0.282 e. The number of nitrogens with one attached hydrogen (secondary N) is 1. The number of anilines is 1. The van der Waals surface area contributed by atoms with Gasteiger partial charge < -0.3 is 19.5 Å². The second kappa shape index (κ2) is 14.6. The third kappa shape index (κ3) is 7.38. The van der Waals surface area contributed by atoms with Crippen molar-refractivity contribution < 1.29 is 19.0 Å². The van der Waals surface area contributed by atoms with Gasteiger partial charge in [0.05, 0.1) is 30.8 Å². The molecule has 0 fully saturated rings. The molecule has 9 nitrogen and oxygen atoms in total. The van der Waals surface area contributed by atoms with Crippen molar-refractivity contribution in [1.82, 2.24) is 9.66 Å². The molecule has 0 aliphatic carbocycles. The van der Waals surface area contributed by atoms with E-state index in [2.05, 4.69) is 40.2 Å². The van der Waals surface area contributed by atoms with Crippen LogP contribution >= 0.6 is 15.9 Å². The standard InChI is InChI=1S/C37H37BrN4O5/c1-7-46-33-17-25(29(38)19-34(33)47-21-35(43)40-30-14-10-8-12-23(30)4)20-39-42-36(41-31-15-11-9-13-26(31)37(42)44)28-18-27(22(2)3)32(45-6)16-24(28)5/h8-20,22H,7,21H2,1-6H3,(H,40,43). The van der Waals surface area contributed by atoms with Gasteiger partial charge in [0, 0.05) is 21.3 Å². The van der Waals surface area contributed by atoms with Crippen molar-refractivity contribution in [3.8, 4) is 28.6 Å². The minimum Gasteiger partial charge on any atom is -0.496 e. The summed E-state index contributed by atoms with van der Waals surface area (Å²) in [6.07, 6.45) is 1.57. The first-order chi connectivity index (χ1) is 22.6. The number of fused-ring (bicyclic) bond motifs is 1. The Morgan fingerprint density at radius 3 is 2.43 bits per heavy atom. The first-order valence-electron chi connectivity index (χ1n) is 15.3. The quantitative estimate of drug-likeness (QED) is 0.141. The molecule has 0 saturated carbocycles. The lowest BCUT2D eigenvalue weighted by atomic mass is 9.96. The molecule has 0 atom stereocenters. The van der Waals surface area contributed by atoms with E-state index in [0.717, 1.165) is 33.7 Å². The van der Waals surface area contributed by atoms with E-state index in [1.54, 1.807) is 37.6 Å². The van der Waals surface area contributed by atoms with Gasteiger partial charge in [-0.15, -0.1) is 0 Å². The number of amides is 1. The van der Waals surface area contributed by atoms with Crippen molar-refractivity contribution in [2.24, 2.45) is 5.10 Å². The lowest BCUT2D eigenvalue weighted by Crippen LogP contribution is -2.21. The van der Waals surface area contributed by atoms with E-state index in [0.29, 0.717) is 44.9 Å². The fraction of sp³-hybridized carbons (Fsp3) is 0.243. The van der Waals surface area contributed by atoms with Gasteiger partial charge in [-0.3, -0.25) is 9.59 Å². The number of methoxy groups -OCH3 is 1. The summed E-state index contributed by atoms with van der Waals surface area (Å²) in [6.45, 7) is 10.1. The highest BCUT2D eigenvalue weighted by atomic mass is 79.9. The van der Waals surface area contributed by atoms with Crippen LogP contribution in [0, 0.1) is 13.8 Å². The highest BCUT2D eigenvalue weighted by Gasteiger charge is 2.19. The molecule has 47 heavy (non-hydrogen) atoms. The van der Waals surface area contributed by atoms with Gasteiger partial charge in [0.1, 0.15) is 5.75 Å². The summed E-state index contributed by atoms with van der Waals surface area (Å²) in [5.74, 6) is 1.88. The van der Waals surface area contributed by atoms with Crippen molar-refractivity contribution in [2.75, 3.05) is 25.6 Å². The van der Waals surface area contributed by atoms with E-state index in [-0.39, 0.29) is 24.0 Å².